The smallest absolute Gasteiger partial charge is 0.245 e. The van der Waals surface area contributed by atoms with Gasteiger partial charge in [0.25, 0.3) is 0 Å². The minimum atomic E-state index is -1.69. The number of nitrogens with two attached hydrogens (primary N) is 8. The molecule has 43 nitrogen and oxygen atoms in total. The highest BCUT2D eigenvalue weighted by molar-refractivity contribution is 6.01. The molecule has 0 aromatic rings. The summed E-state index contributed by atoms with van der Waals surface area (Å²) < 4.78 is 0. The van der Waals surface area contributed by atoms with Gasteiger partial charge in [0.05, 0.1) is 19.2 Å². The zero-order valence-electron chi connectivity index (χ0n) is 85.9. The highest BCUT2D eigenvalue weighted by atomic mass is 16.3. The molecule has 34 N–H and O–H groups in total. The Hall–Kier alpha value is -9.37. The Bertz CT molecular complexity index is 3630. The van der Waals surface area contributed by atoms with E-state index in [-0.39, 0.29) is 176 Å². The number of hydrogen-bond acceptors (Lipinski definition) is 26. The van der Waals surface area contributed by atoms with Crippen molar-refractivity contribution in [1.82, 2.24) is 90.5 Å². The summed E-state index contributed by atoms with van der Waals surface area (Å²) in [6.07, 6.45) is 8.05. The molecular weight excluding hydrogens is 1780 g/mol. The average molecular weight is 1960 g/mol. The van der Waals surface area contributed by atoms with Crippen LogP contribution in [0.2, 0.25) is 0 Å². The van der Waals surface area contributed by atoms with E-state index in [4.69, 9.17) is 46.0 Å². The molecule has 0 aromatic heterocycles. The van der Waals surface area contributed by atoms with Gasteiger partial charge in [0, 0.05) is 13.0 Å². The van der Waals surface area contributed by atoms with Crippen LogP contribution in [-0.4, -0.2) is 255 Å². The van der Waals surface area contributed by atoms with Crippen molar-refractivity contribution in [2.75, 3.05) is 59.0 Å². The zero-order chi connectivity index (χ0) is 105. The van der Waals surface area contributed by atoms with E-state index in [0.717, 1.165) is 0 Å². The van der Waals surface area contributed by atoms with Gasteiger partial charge in [-0.1, -0.05) is 117 Å². The summed E-state index contributed by atoms with van der Waals surface area (Å²) in [5, 5.41) is 54.7. The van der Waals surface area contributed by atoms with Crippen molar-refractivity contribution in [1.29, 1.82) is 0 Å². The summed E-state index contributed by atoms with van der Waals surface area (Å²) in [4.78, 5) is 241. The summed E-state index contributed by atoms with van der Waals surface area (Å²) in [5.74, 6) is -8.78. The first-order chi connectivity index (χ1) is 65.1. The molecule has 138 heavy (non-hydrogen) atoms. The lowest BCUT2D eigenvalue weighted by Gasteiger charge is -2.30. The lowest BCUT2D eigenvalue weighted by molar-refractivity contribution is -0.137. The second-order valence-electron chi connectivity index (χ2n) is 39.8. The molecule has 0 rings (SSSR count). The fourth-order valence-electron chi connectivity index (χ4n) is 15.4. The van der Waals surface area contributed by atoms with Gasteiger partial charge < -0.3 is 130 Å². The number of aliphatic hydroxyl groups excluding tert-OH is 1. The maximum Gasteiger partial charge on any atom is 0.245 e. The number of hydrogen-bond donors (Lipinski definition) is 26. The van der Waals surface area contributed by atoms with E-state index in [1.807, 2.05) is 69.2 Å². The Labute approximate surface area is 820 Å². The third kappa shape index (κ3) is 57.4. The van der Waals surface area contributed by atoms with Crippen LogP contribution in [0.15, 0.2) is 0 Å². The third-order valence-electron chi connectivity index (χ3n) is 22.7. The van der Waals surface area contributed by atoms with E-state index in [1.54, 1.807) is 41.5 Å². The van der Waals surface area contributed by atoms with Gasteiger partial charge in [-0.05, 0) is 266 Å². The van der Waals surface area contributed by atoms with Crippen LogP contribution < -0.4 is 136 Å². The number of nitrogens with one attached hydrogen (secondary N) is 17. The lowest BCUT2D eigenvalue weighted by atomic mass is 9.98. The lowest BCUT2D eigenvalue weighted by Crippen LogP contribution is -2.61. The van der Waals surface area contributed by atoms with Crippen LogP contribution in [0.25, 0.3) is 0 Å². The van der Waals surface area contributed by atoms with Crippen molar-refractivity contribution in [3.05, 3.63) is 0 Å². The standard InChI is InChI=1S/C95H183N25O18/c1-56(2)46-64(102)81(124)106-66(33-20-26-40-97)83(126)108-68(35-22-28-42-99)85(128)112-74(50-60(9)10)91(134)116-72(48-58(5)6)90(133)111-70(37-24-30-44-101)87(130)114-75(51-61(11)12)92(135)115-71(47-57(3)4)89(132)110-67(34-21-27-41-98)84(127)109-69(36-23-29-43-100)86(129)113-76(52-62(13)14)93(136)117-77(53-63(15)16)94(137)119-78(55-121)95(138)118-73(49-59(7)8)88(131)107-65(32-19-25-39-96)82(125)105-54-80(123)104-45-31-17-18-38-79(122)120-103/h56-78,121H,17-55,96-103H2,1-16H3,(H,104,123)(H,105,125)(H,106,124)(H,107,131)(H,108,126)(H,109,127)(H,110,132)(H,111,133)(H,112,128)(H,113,129)(H,114,130)(H,115,135)(H,116,134)(H,117,136)(H,118,138)(H,119,137)(H,120,122)/t64-,65-,66-,67-,68-,69-,70-,71-,72-,73-,74-,75-,76-,77-,78-/m0/s1. The monoisotopic (exact) mass is 1960 g/mol. The number of rotatable bonds is 78. The molecule has 17 amide bonds. The maximum atomic E-state index is 14.9. The van der Waals surface area contributed by atoms with E-state index in [9.17, 15) is 86.6 Å². The van der Waals surface area contributed by atoms with Gasteiger partial charge in [-0.2, -0.15) is 0 Å². The van der Waals surface area contributed by atoms with Gasteiger partial charge in [0.2, 0.25) is 100 Å². The molecule has 0 bridgehead atoms. The van der Waals surface area contributed by atoms with Crippen LogP contribution in [-0.2, 0) is 81.5 Å². The number of hydrazine groups is 1. The van der Waals surface area contributed by atoms with E-state index in [0.29, 0.717) is 116 Å². The minimum absolute atomic E-state index is 0.00252. The molecule has 796 valence electrons. The van der Waals surface area contributed by atoms with E-state index >= 15 is 0 Å². The van der Waals surface area contributed by atoms with Gasteiger partial charge >= 0.3 is 0 Å². The minimum Gasteiger partial charge on any atom is -0.394 e. The topological polar surface area (TPSA) is 723 Å². The van der Waals surface area contributed by atoms with E-state index in [2.05, 4.69) is 90.5 Å². The summed E-state index contributed by atoms with van der Waals surface area (Å²) in [7, 11) is 0. The van der Waals surface area contributed by atoms with Crippen molar-refractivity contribution in [3.63, 3.8) is 0 Å². The summed E-state index contributed by atoms with van der Waals surface area (Å²) in [6, 6.07) is -19.3. The highest BCUT2D eigenvalue weighted by Gasteiger charge is 2.40. The number of unbranched alkanes of at least 4 members (excludes halogenated alkanes) is 8. The molecular formula is C95H183N25O18. The summed E-state index contributed by atoms with van der Waals surface area (Å²) in [6.45, 7) is 29.6. The number of aliphatic hydroxyl groups is 1. The van der Waals surface area contributed by atoms with E-state index in [1.165, 1.54) is 0 Å². The maximum absolute atomic E-state index is 14.9. The molecule has 0 aromatic carbocycles. The first-order valence-corrected chi connectivity index (χ1v) is 50.5. The second-order valence-corrected chi connectivity index (χ2v) is 39.8. The van der Waals surface area contributed by atoms with Crippen LogP contribution in [0.3, 0.4) is 0 Å². The molecule has 43 heteroatoms. The fraction of sp³-hybridized carbons (Fsp3) is 0.821. The molecule has 0 aliphatic carbocycles. The Morgan fingerprint density at radius 1 is 0.217 bits per heavy atom. The molecule has 0 fully saturated rings. The molecule has 0 saturated heterocycles. The Kier molecular flexibility index (Phi) is 68.7. The number of carbonyl (C=O) groups is 17. The van der Waals surface area contributed by atoms with Gasteiger partial charge in [-0.15, -0.1) is 0 Å². The summed E-state index contributed by atoms with van der Waals surface area (Å²) in [5.41, 5.74) is 43.5. The number of carbonyl (C=O) groups excluding carboxylic acids is 17. The van der Waals surface area contributed by atoms with Crippen LogP contribution in [0.1, 0.15) is 303 Å². The molecule has 0 aliphatic rings. The van der Waals surface area contributed by atoms with Gasteiger partial charge in [-0.3, -0.25) is 86.9 Å². The van der Waals surface area contributed by atoms with Gasteiger partial charge in [-0.25, -0.2) is 5.84 Å². The SMILES string of the molecule is CC(C)C[C@H](NC(=O)[C@H](CO)NC(=O)[C@H](CC(C)C)NC(=O)[C@H](CC(C)C)NC(=O)[C@H](CCCCN)NC(=O)[C@H](CCCCN)NC(=O)[C@H](CC(C)C)NC(=O)[C@H](CC(C)C)NC(=O)[C@H](CCCCN)NC(=O)[C@H](CC(C)C)NC(=O)[C@H](CC(C)C)NC(=O)[C@H](CCCCN)NC(=O)[C@H](CCCCN)NC(=O)[C@@H](N)CC(C)C)C(=O)N[C@@H](CCCCN)C(=O)NCC(=O)NCCCCCC(=O)NN. The van der Waals surface area contributed by atoms with Crippen molar-refractivity contribution in [2.45, 2.75) is 394 Å². The molecule has 15 atom stereocenters. The zero-order valence-corrected chi connectivity index (χ0v) is 85.9. The number of amides is 17. The van der Waals surface area contributed by atoms with Crippen molar-refractivity contribution in [3.8, 4) is 0 Å². The molecule has 0 spiro atoms. The first-order valence-electron chi connectivity index (χ1n) is 50.5. The molecule has 0 aliphatic heterocycles. The Balaban J connectivity index is 7.30. The van der Waals surface area contributed by atoms with Gasteiger partial charge in [0.15, 0.2) is 0 Å². The first kappa shape index (κ1) is 129. The van der Waals surface area contributed by atoms with Crippen molar-refractivity contribution >= 4 is 100 Å². The van der Waals surface area contributed by atoms with Crippen LogP contribution in [0.5, 0.6) is 0 Å². The third-order valence-corrected chi connectivity index (χ3v) is 22.7. The normalized spacial score (nSPS) is 14.8. The van der Waals surface area contributed by atoms with Crippen molar-refractivity contribution in [2.24, 2.45) is 93.3 Å². The highest BCUT2D eigenvalue weighted by Crippen LogP contribution is 2.20. The van der Waals surface area contributed by atoms with Crippen LogP contribution >= 0.6 is 0 Å². The largest absolute Gasteiger partial charge is 0.394 e. The van der Waals surface area contributed by atoms with Crippen molar-refractivity contribution < 1.29 is 86.6 Å². The molecule has 0 unspecified atom stereocenters. The quantitative estimate of drug-likeness (QED) is 0.0151. The fourth-order valence-corrected chi connectivity index (χ4v) is 15.4. The Morgan fingerprint density at radius 3 is 0.623 bits per heavy atom. The predicted octanol–water partition coefficient (Wildman–Crippen LogP) is -0.981. The van der Waals surface area contributed by atoms with Crippen LogP contribution in [0.4, 0.5) is 0 Å². The predicted molar refractivity (Wildman–Crippen MR) is 532 cm³/mol. The molecule has 0 radical (unpaired) electrons. The Morgan fingerprint density at radius 2 is 0.413 bits per heavy atom. The molecule has 0 heterocycles. The van der Waals surface area contributed by atoms with Crippen LogP contribution in [0, 0.1) is 47.3 Å². The average Bonchev–Trinajstić information content (AvgIpc) is 0.949. The second kappa shape index (κ2) is 73.7. The van der Waals surface area contributed by atoms with Gasteiger partial charge in [0.1, 0.15) is 84.6 Å². The summed E-state index contributed by atoms with van der Waals surface area (Å²) >= 11 is 0. The van der Waals surface area contributed by atoms with E-state index < -0.39 is 198 Å². The molecule has 0 saturated carbocycles.